The van der Waals surface area contributed by atoms with E-state index in [1.54, 1.807) is 18.3 Å². The number of alkyl halides is 3. The molecule has 0 aliphatic carbocycles. The number of rotatable bonds is 5. The smallest absolute Gasteiger partial charge is 0.406 e. The number of halogens is 3. The molecule has 1 aromatic carbocycles. The van der Waals surface area contributed by atoms with E-state index in [0.29, 0.717) is 22.4 Å². The Morgan fingerprint density at radius 3 is 2.65 bits per heavy atom. The van der Waals surface area contributed by atoms with Crippen molar-refractivity contribution in [3.05, 3.63) is 60.9 Å². The van der Waals surface area contributed by atoms with Crippen LogP contribution >= 0.6 is 0 Å². The highest BCUT2D eigenvalue weighted by atomic mass is 19.4. The van der Waals surface area contributed by atoms with Crippen LogP contribution in [-0.2, 0) is 11.3 Å². The molecule has 1 N–H and O–H groups in total. The van der Waals surface area contributed by atoms with Crippen LogP contribution in [0.5, 0.6) is 5.75 Å². The molecule has 0 unspecified atom stereocenters. The number of hydrogen-bond donors (Lipinski definition) is 1. The highest BCUT2D eigenvalue weighted by molar-refractivity contribution is 5.87. The van der Waals surface area contributed by atoms with Crippen LogP contribution in [0.4, 0.5) is 13.2 Å². The van der Waals surface area contributed by atoms with Crippen molar-refractivity contribution in [3.8, 4) is 11.4 Å². The second kappa shape index (κ2) is 6.87. The van der Waals surface area contributed by atoms with E-state index in [9.17, 15) is 18.0 Å². The molecule has 0 atom stereocenters. The van der Waals surface area contributed by atoms with Crippen molar-refractivity contribution in [2.45, 2.75) is 12.9 Å². The fourth-order valence-corrected chi connectivity index (χ4v) is 2.36. The first kappa shape index (κ1) is 17.5. The third-order valence-corrected chi connectivity index (χ3v) is 3.45. The molecule has 0 fully saturated rings. The molecule has 2 heterocycles. The number of carbonyl (C=O) groups excluding carboxylic acids is 1. The number of benzene rings is 1. The summed E-state index contributed by atoms with van der Waals surface area (Å²) in [5, 5.41) is 7.76. The second-order valence-electron chi connectivity index (χ2n) is 5.20. The average molecular weight is 362 g/mol. The Hall–Kier alpha value is -3.36. The van der Waals surface area contributed by atoms with Gasteiger partial charge >= 0.3 is 6.36 Å². The lowest BCUT2D eigenvalue weighted by molar-refractivity contribution is -0.274. The van der Waals surface area contributed by atoms with E-state index in [-0.39, 0.29) is 18.2 Å². The Morgan fingerprint density at radius 2 is 2.00 bits per heavy atom. The number of carbonyl (C=O) groups is 1. The van der Waals surface area contributed by atoms with E-state index in [1.807, 2.05) is 0 Å². The maximum Gasteiger partial charge on any atom is 0.573 e. The van der Waals surface area contributed by atoms with Crippen LogP contribution in [-0.4, -0.2) is 27.0 Å². The second-order valence-corrected chi connectivity index (χ2v) is 5.20. The van der Waals surface area contributed by atoms with Gasteiger partial charge in [-0.25, -0.2) is 9.67 Å². The number of fused-ring (bicyclic) bond motifs is 1. The fourth-order valence-electron chi connectivity index (χ4n) is 2.36. The highest BCUT2D eigenvalue weighted by Crippen LogP contribution is 2.25. The molecule has 0 saturated heterocycles. The molecule has 0 radical (unpaired) electrons. The number of nitrogens with one attached hydrogen (secondary N) is 1. The van der Waals surface area contributed by atoms with E-state index in [1.165, 1.54) is 28.9 Å². The molecule has 6 nitrogen and oxygen atoms in total. The molecule has 9 heteroatoms. The summed E-state index contributed by atoms with van der Waals surface area (Å²) in [4.78, 5) is 15.6. The van der Waals surface area contributed by atoms with Crippen molar-refractivity contribution in [3.63, 3.8) is 0 Å². The molecular formula is C17H13F3N4O2. The van der Waals surface area contributed by atoms with Crippen LogP contribution < -0.4 is 10.1 Å². The van der Waals surface area contributed by atoms with Crippen molar-refractivity contribution in [2.75, 3.05) is 0 Å². The van der Waals surface area contributed by atoms with Crippen LogP contribution in [0, 0.1) is 0 Å². The topological polar surface area (TPSA) is 69.0 Å². The van der Waals surface area contributed by atoms with Crippen LogP contribution in [0.15, 0.2) is 55.3 Å². The zero-order valence-electron chi connectivity index (χ0n) is 13.3. The average Bonchev–Trinajstić information content (AvgIpc) is 2.98. The molecule has 0 aliphatic heterocycles. The molecule has 1 amide bonds. The monoisotopic (exact) mass is 362 g/mol. The van der Waals surface area contributed by atoms with Gasteiger partial charge < -0.3 is 10.1 Å². The standard InChI is InChI=1S/C17H13F3N4O2/c1-2-15(25)22-10-14-13-4-3-9-21-16(13)24(23-14)11-5-7-12(8-6-11)26-17(18,19)20/h2-9H,1,10H2,(H,22,25). The molecule has 3 rings (SSSR count). The molecule has 134 valence electrons. The molecule has 0 aliphatic rings. The van der Waals surface area contributed by atoms with Crippen molar-refractivity contribution >= 4 is 16.9 Å². The molecule has 0 spiro atoms. The summed E-state index contributed by atoms with van der Waals surface area (Å²) in [6.45, 7) is 3.54. The van der Waals surface area contributed by atoms with Gasteiger partial charge in [0.2, 0.25) is 5.91 Å². The van der Waals surface area contributed by atoms with E-state index >= 15 is 0 Å². The molecule has 26 heavy (non-hydrogen) atoms. The van der Waals surface area contributed by atoms with Gasteiger partial charge in [0.25, 0.3) is 0 Å². The molecule has 2 aromatic heterocycles. The zero-order valence-corrected chi connectivity index (χ0v) is 13.3. The summed E-state index contributed by atoms with van der Waals surface area (Å²) in [7, 11) is 0. The Morgan fingerprint density at radius 1 is 1.27 bits per heavy atom. The molecular weight excluding hydrogens is 349 g/mol. The Balaban J connectivity index is 1.94. The number of aromatic nitrogens is 3. The van der Waals surface area contributed by atoms with E-state index in [2.05, 4.69) is 26.7 Å². The summed E-state index contributed by atoms with van der Waals surface area (Å²) >= 11 is 0. The van der Waals surface area contributed by atoms with Crippen molar-refractivity contribution in [1.82, 2.24) is 20.1 Å². The fraction of sp³-hybridized carbons (Fsp3) is 0.118. The predicted molar refractivity (Wildman–Crippen MR) is 87.6 cm³/mol. The van der Waals surface area contributed by atoms with Crippen molar-refractivity contribution < 1.29 is 22.7 Å². The van der Waals surface area contributed by atoms with Crippen LogP contribution in [0.25, 0.3) is 16.7 Å². The lowest BCUT2D eigenvalue weighted by Gasteiger charge is -2.09. The summed E-state index contributed by atoms with van der Waals surface area (Å²) in [6, 6.07) is 8.79. The quantitative estimate of drug-likeness (QED) is 0.708. The van der Waals surface area contributed by atoms with E-state index in [4.69, 9.17) is 0 Å². The van der Waals surface area contributed by atoms with Crippen molar-refractivity contribution in [2.24, 2.45) is 0 Å². The predicted octanol–water partition coefficient (Wildman–Crippen LogP) is 3.12. The summed E-state index contributed by atoms with van der Waals surface area (Å²) < 4.78 is 42.1. The lowest BCUT2D eigenvalue weighted by atomic mass is 10.2. The minimum absolute atomic E-state index is 0.162. The van der Waals surface area contributed by atoms with Crippen LogP contribution in [0.1, 0.15) is 5.69 Å². The maximum atomic E-state index is 12.3. The zero-order chi connectivity index (χ0) is 18.7. The number of nitrogens with zero attached hydrogens (tertiary/aromatic N) is 3. The molecule has 0 bridgehead atoms. The third-order valence-electron chi connectivity index (χ3n) is 3.45. The Bertz CT molecular complexity index is 949. The maximum absolute atomic E-state index is 12.3. The van der Waals surface area contributed by atoms with E-state index in [0.717, 1.165) is 6.08 Å². The minimum Gasteiger partial charge on any atom is -0.406 e. The van der Waals surface area contributed by atoms with Gasteiger partial charge in [-0.1, -0.05) is 6.58 Å². The number of amides is 1. The van der Waals surface area contributed by atoms with Gasteiger partial charge in [-0.15, -0.1) is 13.2 Å². The largest absolute Gasteiger partial charge is 0.573 e. The van der Waals surface area contributed by atoms with Gasteiger partial charge in [-0.2, -0.15) is 5.10 Å². The van der Waals surface area contributed by atoms with Crippen LogP contribution in [0.3, 0.4) is 0 Å². The molecule has 0 saturated carbocycles. The minimum atomic E-state index is -4.75. The summed E-state index contributed by atoms with van der Waals surface area (Å²) in [6.07, 6.45) is -2.03. The van der Waals surface area contributed by atoms with Gasteiger partial charge in [0.1, 0.15) is 5.75 Å². The summed E-state index contributed by atoms with van der Waals surface area (Å²) in [5.41, 5.74) is 1.59. The Labute approximate surface area is 145 Å². The first-order valence-corrected chi connectivity index (χ1v) is 7.46. The SMILES string of the molecule is C=CC(=O)NCc1nn(-c2ccc(OC(F)(F)F)cc2)c2ncccc12. The van der Waals surface area contributed by atoms with Gasteiger partial charge in [0.05, 0.1) is 17.9 Å². The van der Waals surface area contributed by atoms with Gasteiger partial charge in [-0.05, 0) is 42.5 Å². The van der Waals surface area contributed by atoms with Gasteiger partial charge in [0, 0.05) is 11.6 Å². The third kappa shape index (κ3) is 3.82. The first-order chi connectivity index (χ1) is 12.4. The normalized spacial score (nSPS) is 11.3. The Kier molecular flexibility index (Phi) is 4.61. The summed E-state index contributed by atoms with van der Waals surface area (Å²) in [5.74, 6) is -0.672. The van der Waals surface area contributed by atoms with E-state index < -0.39 is 6.36 Å². The highest BCUT2D eigenvalue weighted by Gasteiger charge is 2.31. The van der Waals surface area contributed by atoms with Crippen LogP contribution in [0.2, 0.25) is 0 Å². The lowest BCUT2D eigenvalue weighted by Crippen LogP contribution is -2.20. The first-order valence-electron chi connectivity index (χ1n) is 7.46. The number of pyridine rings is 1. The van der Waals surface area contributed by atoms with Crippen molar-refractivity contribution in [1.29, 1.82) is 0 Å². The number of hydrogen-bond acceptors (Lipinski definition) is 4. The van der Waals surface area contributed by atoms with Gasteiger partial charge in [-0.3, -0.25) is 4.79 Å². The molecule has 3 aromatic rings. The van der Waals surface area contributed by atoms with Gasteiger partial charge in [0.15, 0.2) is 5.65 Å². The number of ether oxygens (including phenoxy) is 1.